The first-order chi connectivity index (χ1) is 17.1. The predicted octanol–water partition coefficient (Wildman–Crippen LogP) is 3.65. The maximum Gasteiger partial charge on any atom is 0.146 e. The molecule has 0 spiro atoms. The average molecular weight is 478 g/mol. The Morgan fingerprint density at radius 3 is 2.89 bits per heavy atom. The minimum absolute atomic E-state index is 0.156. The van der Waals surface area contributed by atoms with Gasteiger partial charge in [0.25, 0.3) is 0 Å². The van der Waals surface area contributed by atoms with E-state index in [-0.39, 0.29) is 12.2 Å². The zero-order chi connectivity index (χ0) is 23.8. The Labute approximate surface area is 206 Å². The Morgan fingerprint density at radius 2 is 2.09 bits per heavy atom. The minimum atomic E-state index is -0.156. The van der Waals surface area contributed by atoms with Gasteiger partial charge in [0, 0.05) is 44.0 Å². The van der Waals surface area contributed by atoms with E-state index in [9.17, 15) is 5.11 Å². The molecule has 0 amide bonds. The maximum absolute atomic E-state index is 9.82. The van der Waals surface area contributed by atoms with Crippen molar-refractivity contribution in [3.63, 3.8) is 0 Å². The SMILES string of the molecule is Nc1ncnc2c1c(-c1cccc(OCC3CCCCO3)c1)cn2C1CC(CN2CCC(O)C2)C1. The molecule has 2 aliphatic heterocycles. The summed E-state index contributed by atoms with van der Waals surface area (Å²) in [6.45, 7) is 4.30. The maximum atomic E-state index is 9.82. The summed E-state index contributed by atoms with van der Waals surface area (Å²) < 4.78 is 14.2. The lowest BCUT2D eigenvalue weighted by Gasteiger charge is -2.38. The van der Waals surface area contributed by atoms with Crippen LogP contribution in [0.25, 0.3) is 22.2 Å². The molecule has 4 heterocycles. The summed E-state index contributed by atoms with van der Waals surface area (Å²) in [6.07, 6.45) is 10.3. The third-order valence-electron chi connectivity index (χ3n) is 7.86. The van der Waals surface area contributed by atoms with E-state index < -0.39 is 0 Å². The fraction of sp³-hybridized carbons (Fsp3) is 0.556. The number of aromatic nitrogens is 3. The second-order valence-corrected chi connectivity index (χ2v) is 10.4. The van der Waals surface area contributed by atoms with Crippen LogP contribution in [0.4, 0.5) is 5.82 Å². The molecule has 2 atom stereocenters. The number of benzene rings is 1. The Balaban J connectivity index is 1.21. The summed E-state index contributed by atoms with van der Waals surface area (Å²) in [4.78, 5) is 11.3. The molecule has 186 valence electrons. The lowest BCUT2D eigenvalue weighted by Crippen LogP contribution is -2.36. The number of hydrogen-bond acceptors (Lipinski definition) is 7. The molecule has 1 saturated carbocycles. The fourth-order valence-corrected chi connectivity index (χ4v) is 5.91. The molecule has 6 rings (SSSR count). The first-order valence-corrected chi connectivity index (χ1v) is 13.0. The molecule has 35 heavy (non-hydrogen) atoms. The quantitative estimate of drug-likeness (QED) is 0.536. The van der Waals surface area contributed by atoms with Gasteiger partial charge >= 0.3 is 0 Å². The lowest BCUT2D eigenvalue weighted by atomic mass is 9.79. The van der Waals surface area contributed by atoms with Crippen molar-refractivity contribution in [3.05, 3.63) is 36.8 Å². The van der Waals surface area contributed by atoms with Crippen LogP contribution in [0.2, 0.25) is 0 Å². The molecular formula is C27H35N5O3. The molecule has 0 radical (unpaired) electrons. The summed E-state index contributed by atoms with van der Waals surface area (Å²) in [5, 5.41) is 10.7. The molecule has 2 aromatic heterocycles. The highest BCUT2D eigenvalue weighted by Gasteiger charge is 2.35. The third-order valence-corrected chi connectivity index (χ3v) is 7.86. The largest absolute Gasteiger partial charge is 0.491 e. The van der Waals surface area contributed by atoms with Crippen LogP contribution < -0.4 is 10.5 Å². The monoisotopic (exact) mass is 477 g/mol. The second-order valence-electron chi connectivity index (χ2n) is 10.4. The van der Waals surface area contributed by atoms with E-state index in [0.29, 0.717) is 24.4 Å². The number of fused-ring (bicyclic) bond motifs is 1. The molecule has 1 aromatic carbocycles. The molecule has 0 bridgehead atoms. The van der Waals surface area contributed by atoms with Crippen molar-refractivity contribution in [2.45, 2.75) is 56.8 Å². The number of nitrogens with zero attached hydrogens (tertiary/aromatic N) is 4. The van der Waals surface area contributed by atoms with Crippen molar-refractivity contribution < 1.29 is 14.6 Å². The van der Waals surface area contributed by atoms with Crippen LogP contribution in [0.1, 0.15) is 44.6 Å². The van der Waals surface area contributed by atoms with E-state index in [1.54, 1.807) is 6.33 Å². The fourth-order valence-electron chi connectivity index (χ4n) is 5.91. The Kier molecular flexibility index (Phi) is 6.35. The van der Waals surface area contributed by atoms with Crippen LogP contribution in [-0.2, 0) is 4.74 Å². The highest BCUT2D eigenvalue weighted by molar-refractivity contribution is 6.00. The number of ether oxygens (including phenoxy) is 2. The van der Waals surface area contributed by atoms with Gasteiger partial charge < -0.3 is 29.8 Å². The predicted molar refractivity (Wildman–Crippen MR) is 135 cm³/mol. The van der Waals surface area contributed by atoms with E-state index in [2.05, 4.69) is 37.8 Å². The van der Waals surface area contributed by atoms with E-state index in [1.165, 1.54) is 6.42 Å². The van der Waals surface area contributed by atoms with Gasteiger partial charge in [-0.1, -0.05) is 12.1 Å². The smallest absolute Gasteiger partial charge is 0.146 e. The van der Waals surface area contributed by atoms with Gasteiger partial charge in [0.1, 0.15) is 30.1 Å². The van der Waals surface area contributed by atoms with Crippen molar-refractivity contribution in [3.8, 4) is 16.9 Å². The zero-order valence-corrected chi connectivity index (χ0v) is 20.2. The Morgan fingerprint density at radius 1 is 1.17 bits per heavy atom. The number of β-amino-alcohol motifs (C(OH)–C–C–N with tert-alkyl or cyclic N) is 1. The normalized spacial score (nSPS) is 27.2. The summed E-state index contributed by atoms with van der Waals surface area (Å²) in [6, 6.07) is 8.60. The number of nitrogens with two attached hydrogens (primary N) is 1. The molecule has 1 aliphatic carbocycles. The number of nitrogen functional groups attached to an aromatic ring is 1. The summed E-state index contributed by atoms with van der Waals surface area (Å²) in [7, 11) is 0. The highest BCUT2D eigenvalue weighted by Crippen LogP contribution is 2.43. The van der Waals surface area contributed by atoms with Crippen molar-refractivity contribution in [2.24, 2.45) is 5.92 Å². The molecule has 8 heteroatoms. The van der Waals surface area contributed by atoms with Gasteiger partial charge in [-0.2, -0.15) is 0 Å². The van der Waals surface area contributed by atoms with Crippen molar-refractivity contribution in [2.75, 3.05) is 38.6 Å². The van der Waals surface area contributed by atoms with Crippen LogP contribution in [-0.4, -0.2) is 69.6 Å². The van der Waals surface area contributed by atoms with E-state index in [1.807, 2.05) is 12.1 Å². The van der Waals surface area contributed by atoms with Crippen LogP contribution in [0.15, 0.2) is 36.8 Å². The van der Waals surface area contributed by atoms with E-state index >= 15 is 0 Å². The standard InChI is InChI=1S/C27H35N5O3/c28-26-25-24(19-4-3-6-22(12-19)35-16-23-5-1-2-9-34-23)15-32(27(25)30-17-29-26)20-10-18(11-20)13-31-8-7-21(33)14-31/h3-4,6,12,15,17-18,20-21,23,33H,1-2,5,7-11,13-14,16H2,(H2,28,29,30). The molecule has 3 aliphatic rings. The van der Waals surface area contributed by atoms with Gasteiger partial charge in [-0.05, 0) is 62.1 Å². The zero-order valence-electron chi connectivity index (χ0n) is 20.2. The number of likely N-dealkylation sites (tertiary alicyclic amines) is 1. The topological polar surface area (TPSA) is 98.7 Å². The van der Waals surface area contributed by atoms with Crippen LogP contribution in [0, 0.1) is 5.92 Å². The number of anilines is 1. The summed E-state index contributed by atoms with van der Waals surface area (Å²) >= 11 is 0. The highest BCUT2D eigenvalue weighted by atomic mass is 16.5. The molecule has 3 fully saturated rings. The van der Waals surface area contributed by atoms with Crippen LogP contribution in [0.5, 0.6) is 5.75 Å². The van der Waals surface area contributed by atoms with Crippen molar-refractivity contribution >= 4 is 16.9 Å². The molecule has 3 N–H and O–H groups in total. The number of rotatable bonds is 7. The van der Waals surface area contributed by atoms with Gasteiger partial charge in [-0.3, -0.25) is 0 Å². The van der Waals surface area contributed by atoms with Gasteiger partial charge in [-0.15, -0.1) is 0 Å². The molecular weight excluding hydrogens is 442 g/mol. The molecule has 3 aromatic rings. The van der Waals surface area contributed by atoms with Gasteiger partial charge in [-0.25, -0.2) is 9.97 Å². The Hall–Kier alpha value is -2.68. The van der Waals surface area contributed by atoms with Crippen molar-refractivity contribution in [1.29, 1.82) is 0 Å². The average Bonchev–Trinajstić information content (AvgIpc) is 3.45. The summed E-state index contributed by atoms with van der Waals surface area (Å²) in [5.74, 6) is 2.00. The van der Waals surface area contributed by atoms with Crippen molar-refractivity contribution in [1.82, 2.24) is 19.4 Å². The molecule has 2 unspecified atom stereocenters. The number of hydrogen-bond donors (Lipinski definition) is 2. The van der Waals surface area contributed by atoms with Crippen LogP contribution in [0.3, 0.4) is 0 Å². The molecule has 2 saturated heterocycles. The first kappa shape index (κ1) is 22.8. The first-order valence-electron chi connectivity index (χ1n) is 13.0. The van der Waals surface area contributed by atoms with Gasteiger partial charge in [0.15, 0.2) is 0 Å². The minimum Gasteiger partial charge on any atom is -0.491 e. The van der Waals surface area contributed by atoms with E-state index in [0.717, 1.165) is 86.3 Å². The summed E-state index contributed by atoms with van der Waals surface area (Å²) in [5.41, 5.74) is 9.37. The second kappa shape index (κ2) is 9.76. The van der Waals surface area contributed by atoms with Crippen LogP contribution >= 0.6 is 0 Å². The van der Waals surface area contributed by atoms with E-state index in [4.69, 9.17) is 15.2 Å². The van der Waals surface area contributed by atoms with Gasteiger partial charge in [0.2, 0.25) is 0 Å². The lowest BCUT2D eigenvalue weighted by molar-refractivity contribution is -0.0110. The third kappa shape index (κ3) is 4.75. The molecule has 8 nitrogen and oxygen atoms in total. The number of aliphatic hydroxyl groups is 1. The van der Waals surface area contributed by atoms with Gasteiger partial charge in [0.05, 0.1) is 17.6 Å². The Bertz CT molecular complexity index is 1170. The number of aliphatic hydroxyl groups excluding tert-OH is 1.